The van der Waals surface area contributed by atoms with Crippen molar-refractivity contribution >= 4 is 20.3 Å². The Labute approximate surface area is 143 Å². The van der Waals surface area contributed by atoms with Crippen molar-refractivity contribution in [1.82, 2.24) is 0 Å². The molecule has 0 N–H and O–H groups in total. The van der Waals surface area contributed by atoms with Crippen LogP contribution in [-0.2, 0) is 4.74 Å². The van der Waals surface area contributed by atoms with Gasteiger partial charge in [0.15, 0.2) is 0 Å². The van der Waals surface area contributed by atoms with Crippen molar-refractivity contribution in [3.8, 4) is 0 Å². The average molecular weight is 325 g/mol. The Morgan fingerprint density at radius 2 is 1.65 bits per heavy atom. The monoisotopic (exact) mass is 324 g/mol. The molecule has 2 aromatic carbocycles. The quantitative estimate of drug-likeness (QED) is 0.374. The van der Waals surface area contributed by atoms with Gasteiger partial charge in [0.25, 0.3) is 0 Å². The summed E-state index contributed by atoms with van der Waals surface area (Å²) in [6.07, 6.45) is 5.63. The summed E-state index contributed by atoms with van der Waals surface area (Å²) in [7, 11) is -0.127. The minimum Gasteiger partial charge on any atom is -0.501 e. The zero-order chi connectivity index (χ0) is 16.3. The van der Waals surface area contributed by atoms with Crippen LogP contribution in [0.15, 0.2) is 66.9 Å². The minimum atomic E-state index is -0.127. The smallest absolute Gasteiger partial charge is 0.0873 e. The number of benzene rings is 2. The molecule has 0 heterocycles. The van der Waals surface area contributed by atoms with Crippen molar-refractivity contribution in [2.45, 2.75) is 38.7 Å². The van der Waals surface area contributed by atoms with Crippen molar-refractivity contribution in [3.05, 3.63) is 72.5 Å². The lowest BCUT2D eigenvalue weighted by molar-refractivity contribution is 0.242. The Balaban J connectivity index is 1.59. The lowest BCUT2D eigenvalue weighted by Gasteiger charge is -2.10. The van der Waals surface area contributed by atoms with Crippen LogP contribution >= 0.6 is 0 Å². The molecule has 2 rings (SSSR count). The number of unbranched alkanes of at least 4 members (excludes halogenated alkanes) is 1. The molecule has 1 nitrogen and oxygen atoms in total. The topological polar surface area (TPSA) is 9.23 Å². The predicted octanol–water partition coefficient (Wildman–Crippen LogP) is 4.54. The Morgan fingerprint density at radius 3 is 2.35 bits per heavy atom. The first-order chi connectivity index (χ1) is 11.3. The van der Waals surface area contributed by atoms with Gasteiger partial charge in [0.05, 0.1) is 22.4 Å². The molecule has 0 fully saturated rings. The van der Waals surface area contributed by atoms with E-state index in [9.17, 15) is 0 Å². The average Bonchev–Trinajstić information content (AvgIpc) is 2.59. The van der Waals surface area contributed by atoms with E-state index in [1.54, 1.807) is 5.19 Å². The van der Waals surface area contributed by atoms with E-state index in [4.69, 9.17) is 4.74 Å². The Kier molecular flexibility index (Phi) is 7.68. The standard InChI is InChI=1S/C21H28OSi/c1-18(20-12-5-3-6-13-20)17-22-16-10-9-11-19(2)23-21-14-7-4-8-15-21/h3-8,12-15,17,19H,9-11,16,23H2,1-2H3/b18-17+. The van der Waals surface area contributed by atoms with E-state index in [0.717, 1.165) is 18.6 Å². The third kappa shape index (κ3) is 6.87. The maximum absolute atomic E-state index is 5.70. The van der Waals surface area contributed by atoms with Gasteiger partial charge < -0.3 is 4.74 Å². The fraction of sp³-hybridized carbons (Fsp3) is 0.333. The molecule has 0 saturated heterocycles. The second-order valence-corrected chi connectivity index (χ2v) is 8.95. The van der Waals surface area contributed by atoms with Crippen molar-refractivity contribution in [2.75, 3.05) is 6.61 Å². The van der Waals surface area contributed by atoms with Crippen LogP contribution in [0.3, 0.4) is 0 Å². The molecule has 0 amide bonds. The summed E-state index contributed by atoms with van der Waals surface area (Å²) in [5.41, 5.74) is 3.30. The summed E-state index contributed by atoms with van der Waals surface area (Å²) in [5, 5.41) is 1.58. The molecular formula is C21H28OSi. The number of hydrogen-bond donors (Lipinski definition) is 0. The van der Waals surface area contributed by atoms with Crippen molar-refractivity contribution < 1.29 is 4.74 Å². The van der Waals surface area contributed by atoms with Crippen LogP contribution in [0.4, 0.5) is 0 Å². The molecule has 0 aromatic heterocycles. The highest BCUT2D eigenvalue weighted by atomic mass is 28.2. The lowest BCUT2D eigenvalue weighted by Crippen LogP contribution is -2.17. The van der Waals surface area contributed by atoms with Crippen molar-refractivity contribution in [3.63, 3.8) is 0 Å². The molecule has 23 heavy (non-hydrogen) atoms. The van der Waals surface area contributed by atoms with E-state index in [-0.39, 0.29) is 9.52 Å². The Morgan fingerprint density at radius 1 is 1.00 bits per heavy atom. The van der Waals surface area contributed by atoms with E-state index in [1.807, 2.05) is 12.3 Å². The largest absolute Gasteiger partial charge is 0.501 e. The second kappa shape index (κ2) is 10.1. The zero-order valence-corrected chi connectivity index (χ0v) is 15.8. The highest BCUT2D eigenvalue weighted by molar-refractivity contribution is 6.54. The van der Waals surface area contributed by atoms with Crippen LogP contribution in [0.2, 0.25) is 5.54 Å². The SMILES string of the molecule is C/C(=C\OCCCCC(C)[SiH2]c1ccccc1)c1ccccc1. The van der Waals surface area contributed by atoms with Gasteiger partial charge in [-0.15, -0.1) is 0 Å². The number of hydrogen-bond acceptors (Lipinski definition) is 1. The predicted molar refractivity (Wildman–Crippen MR) is 104 cm³/mol. The van der Waals surface area contributed by atoms with Gasteiger partial charge in [-0.2, -0.15) is 0 Å². The third-order valence-corrected chi connectivity index (χ3v) is 6.17. The van der Waals surface area contributed by atoms with Crippen LogP contribution in [0.1, 0.15) is 38.7 Å². The molecule has 122 valence electrons. The fourth-order valence-corrected chi connectivity index (χ4v) is 4.59. The van der Waals surface area contributed by atoms with E-state index in [2.05, 4.69) is 68.4 Å². The van der Waals surface area contributed by atoms with Gasteiger partial charge in [0, 0.05) is 0 Å². The maximum atomic E-state index is 5.70. The first-order valence-corrected chi connectivity index (χ1v) is 10.2. The molecule has 0 spiro atoms. The number of rotatable bonds is 9. The maximum Gasteiger partial charge on any atom is 0.0873 e. The first kappa shape index (κ1) is 17.5. The number of ether oxygens (including phenoxy) is 1. The lowest BCUT2D eigenvalue weighted by atomic mass is 10.1. The van der Waals surface area contributed by atoms with Crippen LogP contribution in [0.25, 0.3) is 5.57 Å². The number of allylic oxidation sites excluding steroid dienone is 1. The van der Waals surface area contributed by atoms with E-state index in [1.165, 1.54) is 24.0 Å². The molecule has 1 unspecified atom stereocenters. The van der Waals surface area contributed by atoms with Gasteiger partial charge in [0.1, 0.15) is 0 Å². The first-order valence-electron chi connectivity index (χ1n) is 8.63. The van der Waals surface area contributed by atoms with Gasteiger partial charge in [0.2, 0.25) is 0 Å². The summed E-state index contributed by atoms with van der Waals surface area (Å²) < 4.78 is 5.70. The summed E-state index contributed by atoms with van der Waals surface area (Å²) in [6.45, 7) is 5.33. The summed E-state index contributed by atoms with van der Waals surface area (Å²) in [4.78, 5) is 0. The van der Waals surface area contributed by atoms with E-state index in [0.29, 0.717) is 0 Å². The normalized spacial score (nSPS) is 13.4. The molecule has 2 aromatic rings. The molecule has 0 aliphatic heterocycles. The second-order valence-electron chi connectivity index (χ2n) is 6.33. The van der Waals surface area contributed by atoms with E-state index < -0.39 is 0 Å². The van der Waals surface area contributed by atoms with Gasteiger partial charge in [-0.3, -0.25) is 0 Å². The highest BCUT2D eigenvalue weighted by Gasteiger charge is 2.04. The van der Waals surface area contributed by atoms with Crippen LogP contribution in [0, 0.1) is 0 Å². The molecule has 0 bridgehead atoms. The molecule has 0 saturated carbocycles. The molecule has 2 heteroatoms. The molecule has 1 atom stereocenters. The summed E-state index contributed by atoms with van der Waals surface area (Å²) >= 11 is 0. The Hall–Kier alpha value is -1.80. The van der Waals surface area contributed by atoms with E-state index >= 15 is 0 Å². The summed E-state index contributed by atoms with van der Waals surface area (Å²) in [5.74, 6) is 0. The van der Waals surface area contributed by atoms with Crippen LogP contribution < -0.4 is 5.19 Å². The third-order valence-electron chi connectivity index (χ3n) is 4.13. The van der Waals surface area contributed by atoms with Gasteiger partial charge in [-0.25, -0.2) is 0 Å². The Bertz CT molecular complexity index is 577. The fourth-order valence-electron chi connectivity index (χ4n) is 2.75. The van der Waals surface area contributed by atoms with Crippen molar-refractivity contribution in [2.24, 2.45) is 0 Å². The minimum absolute atomic E-state index is 0.127. The van der Waals surface area contributed by atoms with Crippen LogP contribution in [-0.4, -0.2) is 16.1 Å². The van der Waals surface area contributed by atoms with Crippen molar-refractivity contribution in [1.29, 1.82) is 0 Å². The molecule has 0 radical (unpaired) electrons. The van der Waals surface area contributed by atoms with Crippen LogP contribution in [0.5, 0.6) is 0 Å². The molecule has 0 aliphatic carbocycles. The molecular weight excluding hydrogens is 296 g/mol. The zero-order valence-electron chi connectivity index (χ0n) is 14.4. The summed E-state index contributed by atoms with van der Waals surface area (Å²) in [6, 6.07) is 21.4. The van der Waals surface area contributed by atoms with Gasteiger partial charge in [-0.05, 0) is 30.0 Å². The highest BCUT2D eigenvalue weighted by Crippen LogP contribution is 2.14. The molecule has 0 aliphatic rings. The van der Waals surface area contributed by atoms with Gasteiger partial charge in [-0.1, -0.05) is 85.6 Å². The van der Waals surface area contributed by atoms with Gasteiger partial charge >= 0.3 is 0 Å².